The van der Waals surface area contributed by atoms with Crippen LogP contribution in [0.1, 0.15) is 10.4 Å². The summed E-state index contributed by atoms with van der Waals surface area (Å²) < 4.78 is 0. The van der Waals surface area contributed by atoms with Crippen molar-refractivity contribution in [2.75, 3.05) is 11.1 Å². The molecule has 2 aromatic heterocycles. The number of nitrogens with zero attached hydrogens (tertiary/aromatic N) is 2. The highest BCUT2D eigenvalue weighted by Crippen LogP contribution is 2.28. The van der Waals surface area contributed by atoms with Gasteiger partial charge < -0.3 is 16.2 Å². The molecule has 0 bridgehead atoms. The lowest BCUT2D eigenvalue weighted by molar-refractivity contribution is 0.0697. The monoisotopic (exact) mass is 340 g/mol. The van der Waals surface area contributed by atoms with Crippen LogP contribution < -0.4 is 11.1 Å². The molecule has 120 valence electrons. The van der Waals surface area contributed by atoms with Crippen LogP contribution in [-0.2, 0) is 0 Å². The second kappa shape index (κ2) is 6.55. The van der Waals surface area contributed by atoms with Crippen molar-refractivity contribution in [3.8, 4) is 11.3 Å². The lowest BCUT2D eigenvalue weighted by atomic mass is 10.1. The molecular weight excluding hydrogens is 328 g/mol. The van der Waals surface area contributed by atoms with Gasteiger partial charge in [0.15, 0.2) is 0 Å². The SMILES string of the molecule is Nc1cc(Cl)ccc1Nc1nc(-c2cccnc2)ccc1C(=O)O. The topological polar surface area (TPSA) is 101 Å². The molecule has 4 N–H and O–H groups in total. The Morgan fingerprint density at radius 3 is 2.71 bits per heavy atom. The van der Waals surface area contributed by atoms with Crippen LogP contribution in [0.4, 0.5) is 17.2 Å². The van der Waals surface area contributed by atoms with E-state index in [0.29, 0.717) is 22.1 Å². The summed E-state index contributed by atoms with van der Waals surface area (Å²) in [5.74, 6) is -0.895. The third-order valence-corrected chi connectivity index (χ3v) is 3.58. The molecule has 24 heavy (non-hydrogen) atoms. The number of carboxylic acid groups (broad SMARTS) is 1. The highest BCUT2D eigenvalue weighted by molar-refractivity contribution is 6.31. The molecule has 7 heteroatoms. The molecule has 0 atom stereocenters. The number of pyridine rings is 2. The zero-order valence-electron chi connectivity index (χ0n) is 12.4. The second-order valence-corrected chi connectivity index (χ2v) is 5.43. The fraction of sp³-hybridized carbons (Fsp3) is 0. The van der Waals surface area contributed by atoms with Crippen LogP contribution in [0.3, 0.4) is 0 Å². The predicted octanol–water partition coefficient (Wildman–Crippen LogP) is 3.82. The molecule has 0 spiro atoms. The fourth-order valence-corrected chi connectivity index (χ4v) is 2.36. The molecule has 0 aliphatic rings. The standard InChI is InChI=1S/C17H13ClN4O2/c18-11-3-5-15(13(19)8-11)22-16-12(17(23)24)4-6-14(21-16)10-2-1-7-20-9-10/h1-9H,19H2,(H,21,22)(H,23,24). The molecule has 3 rings (SSSR count). The van der Waals surface area contributed by atoms with Crippen LogP contribution in [0, 0.1) is 0 Å². The van der Waals surface area contributed by atoms with E-state index in [0.717, 1.165) is 5.56 Å². The molecule has 0 radical (unpaired) electrons. The number of nitrogen functional groups attached to an aromatic ring is 1. The molecule has 2 heterocycles. The smallest absolute Gasteiger partial charge is 0.339 e. The van der Waals surface area contributed by atoms with E-state index in [1.165, 1.54) is 6.07 Å². The van der Waals surface area contributed by atoms with Crippen molar-refractivity contribution < 1.29 is 9.90 Å². The lowest BCUT2D eigenvalue weighted by Gasteiger charge is -2.12. The first-order valence-corrected chi connectivity index (χ1v) is 7.39. The number of nitrogens with one attached hydrogen (secondary N) is 1. The van der Waals surface area contributed by atoms with Crippen molar-refractivity contribution in [3.63, 3.8) is 0 Å². The van der Waals surface area contributed by atoms with Crippen molar-refractivity contribution in [2.45, 2.75) is 0 Å². The number of aromatic nitrogens is 2. The maximum atomic E-state index is 11.5. The summed E-state index contributed by atoms with van der Waals surface area (Å²) in [5.41, 5.74) is 8.25. The number of carbonyl (C=O) groups is 1. The molecule has 0 saturated carbocycles. The van der Waals surface area contributed by atoms with Gasteiger partial charge in [0, 0.05) is 23.0 Å². The molecule has 3 aromatic rings. The molecule has 0 unspecified atom stereocenters. The first-order valence-electron chi connectivity index (χ1n) is 7.01. The average molecular weight is 341 g/mol. The highest BCUT2D eigenvalue weighted by Gasteiger charge is 2.14. The van der Waals surface area contributed by atoms with Gasteiger partial charge in [-0.05, 0) is 42.5 Å². The number of benzene rings is 1. The van der Waals surface area contributed by atoms with Crippen molar-refractivity contribution in [2.24, 2.45) is 0 Å². The van der Waals surface area contributed by atoms with Crippen molar-refractivity contribution in [1.29, 1.82) is 0 Å². The first kappa shape index (κ1) is 15.8. The minimum Gasteiger partial charge on any atom is -0.478 e. The van der Waals surface area contributed by atoms with Crippen LogP contribution in [0.5, 0.6) is 0 Å². The Labute approximate surface area is 142 Å². The van der Waals surface area contributed by atoms with Crippen LogP contribution in [-0.4, -0.2) is 21.0 Å². The van der Waals surface area contributed by atoms with E-state index in [1.54, 1.807) is 42.7 Å². The van der Waals surface area contributed by atoms with Crippen molar-refractivity contribution >= 4 is 34.8 Å². The Kier molecular flexibility index (Phi) is 4.31. The van der Waals surface area contributed by atoms with Gasteiger partial charge in [-0.3, -0.25) is 4.98 Å². The maximum Gasteiger partial charge on any atom is 0.339 e. The fourth-order valence-electron chi connectivity index (χ4n) is 2.18. The van der Waals surface area contributed by atoms with Gasteiger partial charge in [0.1, 0.15) is 11.4 Å². The minimum atomic E-state index is -1.09. The Hall–Kier alpha value is -3.12. The van der Waals surface area contributed by atoms with E-state index in [9.17, 15) is 9.90 Å². The highest BCUT2D eigenvalue weighted by atomic mass is 35.5. The Balaban J connectivity index is 2.05. The number of carboxylic acids is 1. The molecule has 0 fully saturated rings. The van der Waals surface area contributed by atoms with E-state index in [4.69, 9.17) is 17.3 Å². The summed E-state index contributed by atoms with van der Waals surface area (Å²) in [5, 5.41) is 12.8. The maximum absolute atomic E-state index is 11.5. The molecular formula is C17H13ClN4O2. The minimum absolute atomic E-state index is 0.0389. The van der Waals surface area contributed by atoms with Gasteiger partial charge in [-0.25, -0.2) is 9.78 Å². The van der Waals surface area contributed by atoms with Gasteiger partial charge in [-0.2, -0.15) is 0 Å². The van der Waals surface area contributed by atoms with E-state index in [2.05, 4.69) is 15.3 Å². The van der Waals surface area contributed by atoms with Crippen LogP contribution in [0.2, 0.25) is 5.02 Å². The average Bonchev–Trinajstić information content (AvgIpc) is 2.58. The Bertz CT molecular complexity index is 900. The second-order valence-electron chi connectivity index (χ2n) is 5.00. The first-order chi connectivity index (χ1) is 11.5. The molecule has 6 nitrogen and oxygen atoms in total. The largest absolute Gasteiger partial charge is 0.478 e. The molecule has 0 saturated heterocycles. The molecule has 0 amide bonds. The summed E-state index contributed by atoms with van der Waals surface area (Å²) in [6.07, 6.45) is 3.31. The summed E-state index contributed by atoms with van der Waals surface area (Å²) in [6, 6.07) is 11.7. The van der Waals surface area contributed by atoms with Gasteiger partial charge in [0.05, 0.1) is 17.1 Å². The summed E-state index contributed by atoms with van der Waals surface area (Å²) in [4.78, 5) is 19.9. The van der Waals surface area contributed by atoms with Crippen molar-refractivity contribution in [1.82, 2.24) is 9.97 Å². The van der Waals surface area contributed by atoms with Crippen LogP contribution in [0.15, 0.2) is 54.9 Å². The number of rotatable bonds is 4. The van der Waals surface area contributed by atoms with Gasteiger partial charge in [0.25, 0.3) is 0 Å². The Morgan fingerprint density at radius 2 is 2.04 bits per heavy atom. The van der Waals surface area contributed by atoms with Gasteiger partial charge in [0.2, 0.25) is 0 Å². The van der Waals surface area contributed by atoms with Gasteiger partial charge >= 0.3 is 5.97 Å². The normalized spacial score (nSPS) is 10.4. The van der Waals surface area contributed by atoms with E-state index in [1.807, 2.05) is 6.07 Å². The Morgan fingerprint density at radius 1 is 1.21 bits per heavy atom. The predicted molar refractivity (Wildman–Crippen MR) is 93.6 cm³/mol. The van der Waals surface area contributed by atoms with E-state index < -0.39 is 5.97 Å². The van der Waals surface area contributed by atoms with Crippen LogP contribution in [0.25, 0.3) is 11.3 Å². The van der Waals surface area contributed by atoms with E-state index >= 15 is 0 Å². The quantitative estimate of drug-likeness (QED) is 0.624. The van der Waals surface area contributed by atoms with Gasteiger partial charge in [-0.1, -0.05) is 11.6 Å². The summed E-state index contributed by atoms with van der Waals surface area (Å²) in [6.45, 7) is 0. The molecule has 0 aliphatic heterocycles. The number of nitrogens with two attached hydrogens (primary N) is 1. The lowest BCUT2D eigenvalue weighted by Crippen LogP contribution is -2.07. The third kappa shape index (κ3) is 3.28. The summed E-state index contributed by atoms with van der Waals surface area (Å²) >= 11 is 5.88. The number of anilines is 3. The molecule has 1 aromatic carbocycles. The number of hydrogen-bond acceptors (Lipinski definition) is 5. The van der Waals surface area contributed by atoms with E-state index in [-0.39, 0.29) is 11.4 Å². The zero-order chi connectivity index (χ0) is 17.1. The number of aromatic carboxylic acids is 1. The third-order valence-electron chi connectivity index (χ3n) is 3.35. The number of hydrogen-bond donors (Lipinski definition) is 3. The summed E-state index contributed by atoms with van der Waals surface area (Å²) in [7, 11) is 0. The zero-order valence-corrected chi connectivity index (χ0v) is 13.2. The van der Waals surface area contributed by atoms with Crippen LogP contribution >= 0.6 is 11.6 Å². The van der Waals surface area contributed by atoms with Crippen molar-refractivity contribution in [3.05, 3.63) is 65.4 Å². The molecule has 0 aliphatic carbocycles. The number of halogens is 1. The van der Waals surface area contributed by atoms with Gasteiger partial charge in [-0.15, -0.1) is 0 Å².